The van der Waals surface area contributed by atoms with Gasteiger partial charge in [-0.15, -0.1) is 0 Å². The SMILES string of the molecule is CCCCCCCCCCCC[CH]([Na])CCC.O=P(O)(O)O. The first kappa shape index (κ1) is 25.4. The van der Waals surface area contributed by atoms with Crippen molar-refractivity contribution in [3.63, 3.8) is 0 Å². The molecule has 0 heterocycles. The predicted octanol–water partition coefficient (Wildman–Crippen LogP) is 5.13. The first-order chi connectivity index (χ1) is 10.3. The zero-order valence-electron chi connectivity index (χ0n) is 15.0. The van der Waals surface area contributed by atoms with Gasteiger partial charge in [-0.25, -0.2) is 4.57 Å². The Labute approximate surface area is 155 Å². The van der Waals surface area contributed by atoms with E-state index in [0.717, 1.165) is 3.17 Å². The molecule has 0 aliphatic carbocycles. The minimum Gasteiger partial charge on any atom is -0.303 e. The van der Waals surface area contributed by atoms with Gasteiger partial charge in [0.2, 0.25) is 0 Å². The van der Waals surface area contributed by atoms with Gasteiger partial charge in [-0.2, -0.15) is 0 Å². The van der Waals surface area contributed by atoms with E-state index in [1.807, 2.05) is 0 Å². The Morgan fingerprint density at radius 2 is 1.09 bits per heavy atom. The number of rotatable bonds is 13. The molecule has 0 bridgehead atoms. The second-order valence-electron chi connectivity index (χ2n) is 6.38. The minimum atomic E-state index is -4.64. The van der Waals surface area contributed by atoms with E-state index in [1.54, 1.807) is 0 Å². The Hall–Kier alpha value is 1.11. The van der Waals surface area contributed by atoms with Gasteiger partial charge in [0.05, 0.1) is 0 Å². The summed E-state index contributed by atoms with van der Waals surface area (Å²) in [4.78, 5) is 21.6. The summed E-state index contributed by atoms with van der Waals surface area (Å²) in [5.74, 6) is 0. The van der Waals surface area contributed by atoms with Crippen molar-refractivity contribution in [1.29, 1.82) is 0 Å². The van der Waals surface area contributed by atoms with Crippen molar-refractivity contribution in [2.45, 2.75) is 100 Å². The molecule has 0 saturated heterocycles. The Kier molecular flexibility index (Phi) is 21.3. The fourth-order valence-electron chi connectivity index (χ4n) is 2.62. The maximum Gasteiger partial charge on any atom is 0.466 e. The van der Waals surface area contributed by atoms with Crippen molar-refractivity contribution in [1.82, 2.24) is 0 Å². The fraction of sp³-hybridized carbons (Fsp3) is 1.00. The van der Waals surface area contributed by atoms with Gasteiger partial charge in [0.25, 0.3) is 0 Å². The van der Waals surface area contributed by atoms with Gasteiger partial charge in [-0.3, -0.25) is 0 Å². The van der Waals surface area contributed by atoms with Crippen LogP contribution in [0.2, 0.25) is 3.17 Å². The van der Waals surface area contributed by atoms with Crippen molar-refractivity contribution in [2.75, 3.05) is 0 Å². The molecule has 6 heteroatoms. The van der Waals surface area contributed by atoms with Crippen LogP contribution in [0, 0.1) is 0 Å². The molecule has 1 unspecified atom stereocenters. The third kappa shape index (κ3) is 32.9. The normalized spacial score (nSPS) is 12.7. The summed E-state index contributed by atoms with van der Waals surface area (Å²) in [6.45, 7) is 4.62. The summed E-state index contributed by atoms with van der Waals surface area (Å²) < 4.78 is 9.99. The van der Waals surface area contributed by atoms with E-state index in [4.69, 9.17) is 19.2 Å². The molecule has 0 aromatic carbocycles. The van der Waals surface area contributed by atoms with Crippen molar-refractivity contribution in [2.24, 2.45) is 0 Å². The molecule has 0 aromatic heterocycles. The maximum absolute atomic E-state index is 8.88. The van der Waals surface area contributed by atoms with Gasteiger partial charge < -0.3 is 14.7 Å². The van der Waals surface area contributed by atoms with Crippen molar-refractivity contribution in [3.8, 4) is 0 Å². The van der Waals surface area contributed by atoms with Crippen molar-refractivity contribution in [3.05, 3.63) is 0 Å². The largest absolute Gasteiger partial charge is 0.466 e. The third-order valence-corrected chi connectivity index (χ3v) is 4.99. The van der Waals surface area contributed by atoms with E-state index in [2.05, 4.69) is 13.8 Å². The topological polar surface area (TPSA) is 77.8 Å². The smallest absolute Gasteiger partial charge is 0.303 e. The molecule has 1 atom stereocenters. The molecule has 130 valence electrons. The average Bonchev–Trinajstić information content (AvgIpc) is 2.39. The Bertz CT molecular complexity index is 250. The predicted molar refractivity (Wildman–Crippen MR) is 95.1 cm³/mol. The van der Waals surface area contributed by atoms with E-state index < -0.39 is 7.82 Å². The zero-order chi connectivity index (χ0) is 17.3. The number of hydrogen-bond acceptors (Lipinski definition) is 1. The van der Waals surface area contributed by atoms with Crippen LogP contribution in [0.3, 0.4) is 0 Å². The molecule has 0 radical (unpaired) electrons. The van der Waals surface area contributed by atoms with E-state index in [9.17, 15) is 0 Å². The van der Waals surface area contributed by atoms with Crippen LogP contribution < -0.4 is 0 Å². The number of unbranched alkanes of at least 4 members (excludes halogenated alkanes) is 9. The summed E-state index contributed by atoms with van der Waals surface area (Å²) in [5, 5.41) is 0. The van der Waals surface area contributed by atoms with Gasteiger partial charge in [-0.1, -0.05) is 6.92 Å². The first-order valence-electron chi connectivity index (χ1n) is 9.09. The van der Waals surface area contributed by atoms with E-state index in [-0.39, 0.29) is 0 Å². The first-order valence-corrected chi connectivity index (χ1v) is 11.8. The van der Waals surface area contributed by atoms with Gasteiger partial charge in [0.1, 0.15) is 0 Å². The van der Waals surface area contributed by atoms with Crippen LogP contribution in [0.5, 0.6) is 0 Å². The zero-order valence-corrected chi connectivity index (χ0v) is 17.9. The Morgan fingerprint density at radius 1 is 0.727 bits per heavy atom. The molecule has 0 amide bonds. The van der Waals surface area contributed by atoms with Crippen LogP contribution >= 0.6 is 7.82 Å². The van der Waals surface area contributed by atoms with Crippen LogP contribution in [-0.4, -0.2) is 42.6 Å². The summed E-state index contributed by atoms with van der Waals surface area (Å²) in [6.07, 6.45) is 19.1. The van der Waals surface area contributed by atoms with Crippen LogP contribution in [-0.2, 0) is 4.57 Å². The molecule has 0 aliphatic heterocycles. The Morgan fingerprint density at radius 3 is 1.45 bits per heavy atom. The molecular weight excluding hydrogens is 310 g/mol. The molecule has 0 spiro atoms. The van der Waals surface area contributed by atoms with Gasteiger partial charge in [-0.05, 0) is 0 Å². The summed E-state index contributed by atoms with van der Waals surface area (Å²) >= 11 is 1.42. The summed E-state index contributed by atoms with van der Waals surface area (Å²) in [7, 11) is -4.64. The van der Waals surface area contributed by atoms with Crippen LogP contribution in [0.4, 0.5) is 0 Å². The van der Waals surface area contributed by atoms with Gasteiger partial charge >= 0.3 is 129 Å². The van der Waals surface area contributed by atoms with Crippen molar-refractivity contribution >= 4 is 35.8 Å². The third-order valence-electron chi connectivity index (χ3n) is 3.83. The molecule has 0 saturated carbocycles. The molecule has 0 rings (SSSR count). The van der Waals surface area contributed by atoms with Crippen LogP contribution in [0.25, 0.3) is 0 Å². The van der Waals surface area contributed by atoms with Gasteiger partial charge in [0.15, 0.2) is 0 Å². The fourth-order valence-corrected chi connectivity index (χ4v) is 3.60. The van der Waals surface area contributed by atoms with Crippen LogP contribution in [0.1, 0.15) is 97.3 Å². The van der Waals surface area contributed by atoms with E-state index in [1.165, 1.54) is 111 Å². The molecule has 3 N–H and O–H groups in total. The van der Waals surface area contributed by atoms with E-state index >= 15 is 0 Å². The van der Waals surface area contributed by atoms with Crippen molar-refractivity contribution < 1.29 is 19.2 Å². The molecule has 0 aromatic rings. The maximum atomic E-state index is 8.88. The molecule has 0 aliphatic rings. The average molecular weight is 346 g/mol. The standard InChI is InChI=1S/C16H33.Na.H3O4P/c1-3-5-7-9-11-13-15-16-14-12-10-8-6-4-2;;1-5(2,3)4/h7H,3-6,8-16H2,1-2H3;;(H3,1,2,3,4). The minimum absolute atomic E-state index is 1.11. The van der Waals surface area contributed by atoms with Gasteiger partial charge in [0, 0.05) is 0 Å². The second-order valence-corrected chi connectivity index (χ2v) is 9.04. The Balaban J connectivity index is 0. The molecule has 22 heavy (non-hydrogen) atoms. The molecule has 4 nitrogen and oxygen atoms in total. The quantitative estimate of drug-likeness (QED) is 0.245. The number of phosphoric acid groups is 1. The summed E-state index contributed by atoms with van der Waals surface area (Å²) in [5.41, 5.74) is 0. The monoisotopic (exact) mass is 346 g/mol. The second kappa shape index (κ2) is 18.4. The number of hydrogen-bond donors (Lipinski definition) is 3. The van der Waals surface area contributed by atoms with E-state index in [0.29, 0.717) is 0 Å². The van der Waals surface area contributed by atoms with Crippen LogP contribution in [0.15, 0.2) is 0 Å². The summed E-state index contributed by atoms with van der Waals surface area (Å²) in [6, 6.07) is 0. The molecular formula is C16H36NaO4P. The molecule has 0 fully saturated rings.